The average Bonchev–Trinajstić information content (AvgIpc) is 3.14. The van der Waals surface area contributed by atoms with E-state index in [1.165, 1.54) is 0 Å². The number of aromatic nitrogens is 2. The van der Waals surface area contributed by atoms with Gasteiger partial charge in [-0.1, -0.05) is 46.3 Å². The molecule has 0 saturated carbocycles. The first-order chi connectivity index (χ1) is 13.1. The van der Waals surface area contributed by atoms with Crippen molar-refractivity contribution in [2.24, 2.45) is 5.73 Å². The normalized spacial score (nSPS) is 10.3. The fourth-order valence-corrected chi connectivity index (χ4v) is 3.40. The smallest absolute Gasteiger partial charge is 0.249 e. The van der Waals surface area contributed by atoms with Crippen LogP contribution in [0.1, 0.15) is 10.4 Å². The Hall–Kier alpha value is -2.89. The number of carbonyl (C=O) groups excluding carboxylic acids is 1. The summed E-state index contributed by atoms with van der Waals surface area (Å²) >= 11 is 3.48. The van der Waals surface area contributed by atoms with Gasteiger partial charge in [0, 0.05) is 39.3 Å². The number of hydrogen-bond donors (Lipinski definition) is 2. The van der Waals surface area contributed by atoms with Gasteiger partial charge in [-0.3, -0.25) is 9.78 Å². The summed E-state index contributed by atoms with van der Waals surface area (Å²) in [4.78, 5) is 19.5. The molecule has 4 aromatic rings. The van der Waals surface area contributed by atoms with Crippen LogP contribution in [0.15, 0.2) is 83.6 Å². The number of rotatable bonds is 4. The highest BCUT2D eigenvalue weighted by Gasteiger charge is 2.17. The second-order valence-electron chi connectivity index (χ2n) is 6.12. The zero-order valence-corrected chi connectivity index (χ0v) is 17.1. The van der Waals surface area contributed by atoms with Crippen LogP contribution in [0.5, 0.6) is 0 Å². The second-order valence-corrected chi connectivity index (χ2v) is 7.04. The van der Waals surface area contributed by atoms with Crippen LogP contribution >= 0.6 is 28.3 Å². The van der Waals surface area contributed by atoms with Crippen molar-refractivity contribution in [3.63, 3.8) is 0 Å². The average molecular weight is 455 g/mol. The van der Waals surface area contributed by atoms with E-state index < -0.39 is 5.91 Å². The molecule has 3 N–H and O–H groups in total. The van der Waals surface area contributed by atoms with Crippen molar-refractivity contribution < 1.29 is 4.79 Å². The van der Waals surface area contributed by atoms with Gasteiger partial charge in [-0.25, -0.2) is 0 Å². The summed E-state index contributed by atoms with van der Waals surface area (Å²) in [5.41, 5.74) is 11.8. The van der Waals surface area contributed by atoms with Crippen LogP contribution in [0.4, 0.5) is 0 Å². The summed E-state index contributed by atoms with van der Waals surface area (Å²) < 4.78 is 1.01. The summed E-state index contributed by atoms with van der Waals surface area (Å²) in [6.07, 6.45) is 3.51. The Balaban J connectivity index is 0.00000225. The van der Waals surface area contributed by atoms with Crippen molar-refractivity contribution in [2.75, 3.05) is 0 Å². The van der Waals surface area contributed by atoms with E-state index in [1.807, 2.05) is 54.6 Å². The van der Waals surface area contributed by atoms with Crippen LogP contribution in [-0.2, 0) is 0 Å². The van der Waals surface area contributed by atoms with Gasteiger partial charge in [0.2, 0.25) is 5.91 Å². The molecular weight excluding hydrogens is 438 g/mol. The number of pyridine rings is 1. The van der Waals surface area contributed by atoms with E-state index in [1.54, 1.807) is 18.5 Å². The Morgan fingerprint density at radius 2 is 1.57 bits per heavy atom. The summed E-state index contributed by atoms with van der Waals surface area (Å²) in [6, 6.07) is 21.4. The number of aromatic amines is 1. The van der Waals surface area contributed by atoms with Gasteiger partial charge < -0.3 is 10.7 Å². The predicted octanol–water partition coefficient (Wildman–Crippen LogP) is 5.69. The molecule has 2 aromatic carbocycles. The van der Waals surface area contributed by atoms with Crippen molar-refractivity contribution >= 4 is 34.2 Å². The third-order valence-electron chi connectivity index (χ3n) is 4.42. The minimum absolute atomic E-state index is 0. The number of halogens is 2. The standard InChI is InChI=1S/C22H16BrN3O.ClH/c23-16-7-5-15(6-8-16)21-19(17-3-1-2-4-18(17)22(24)27)13-20(26-21)14-9-11-25-12-10-14;/h1-13,26H,(H2,24,27);1H. The summed E-state index contributed by atoms with van der Waals surface area (Å²) in [7, 11) is 0. The van der Waals surface area contributed by atoms with Crippen molar-refractivity contribution in [3.8, 4) is 33.6 Å². The highest BCUT2D eigenvalue weighted by molar-refractivity contribution is 9.10. The predicted molar refractivity (Wildman–Crippen MR) is 118 cm³/mol. The largest absolute Gasteiger partial charge is 0.366 e. The molecule has 0 bridgehead atoms. The first-order valence-electron chi connectivity index (χ1n) is 8.42. The third kappa shape index (κ3) is 3.86. The Kier molecular flexibility index (Phi) is 5.97. The molecular formula is C22H17BrClN3O. The highest BCUT2D eigenvalue weighted by atomic mass is 79.9. The van der Waals surface area contributed by atoms with Gasteiger partial charge in [0.1, 0.15) is 0 Å². The highest BCUT2D eigenvalue weighted by Crippen LogP contribution is 2.37. The van der Waals surface area contributed by atoms with Crippen LogP contribution < -0.4 is 5.73 Å². The van der Waals surface area contributed by atoms with E-state index in [0.29, 0.717) is 5.56 Å². The number of primary amides is 1. The maximum atomic E-state index is 12.0. The van der Waals surface area contributed by atoms with Crippen LogP contribution in [0.3, 0.4) is 0 Å². The second kappa shape index (κ2) is 8.42. The fraction of sp³-hybridized carbons (Fsp3) is 0. The Morgan fingerprint density at radius 3 is 2.25 bits per heavy atom. The first kappa shape index (κ1) is 19.9. The van der Waals surface area contributed by atoms with E-state index in [9.17, 15) is 4.79 Å². The molecule has 0 unspecified atom stereocenters. The minimum Gasteiger partial charge on any atom is -0.366 e. The van der Waals surface area contributed by atoms with E-state index in [4.69, 9.17) is 5.73 Å². The minimum atomic E-state index is -0.445. The zero-order valence-electron chi connectivity index (χ0n) is 14.7. The molecule has 0 spiro atoms. The van der Waals surface area contributed by atoms with Crippen LogP contribution in [0, 0.1) is 0 Å². The van der Waals surface area contributed by atoms with E-state index in [-0.39, 0.29) is 12.4 Å². The molecule has 0 fully saturated rings. The van der Waals surface area contributed by atoms with Crippen molar-refractivity contribution in [1.29, 1.82) is 0 Å². The lowest BCUT2D eigenvalue weighted by Crippen LogP contribution is -2.12. The van der Waals surface area contributed by atoms with Gasteiger partial charge in [-0.05, 0) is 47.5 Å². The molecule has 0 aliphatic carbocycles. The van der Waals surface area contributed by atoms with Crippen LogP contribution in [-0.4, -0.2) is 15.9 Å². The molecule has 0 aliphatic rings. The van der Waals surface area contributed by atoms with Gasteiger partial charge in [-0.15, -0.1) is 12.4 Å². The number of H-pyrrole nitrogens is 1. The van der Waals surface area contributed by atoms with Crippen molar-refractivity contribution in [1.82, 2.24) is 9.97 Å². The molecule has 1 amide bonds. The number of nitrogens with two attached hydrogens (primary N) is 1. The van der Waals surface area contributed by atoms with Crippen LogP contribution in [0.2, 0.25) is 0 Å². The lowest BCUT2D eigenvalue weighted by Gasteiger charge is -2.08. The third-order valence-corrected chi connectivity index (χ3v) is 4.95. The Morgan fingerprint density at radius 1 is 0.893 bits per heavy atom. The molecule has 0 aliphatic heterocycles. The molecule has 4 rings (SSSR count). The molecule has 140 valence electrons. The summed E-state index contributed by atoms with van der Waals surface area (Å²) in [6.45, 7) is 0. The number of amides is 1. The monoisotopic (exact) mass is 453 g/mol. The van der Waals surface area contributed by atoms with Crippen molar-refractivity contribution in [2.45, 2.75) is 0 Å². The molecule has 2 heterocycles. The number of benzene rings is 2. The summed E-state index contributed by atoms with van der Waals surface area (Å²) in [5.74, 6) is -0.445. The Labute approximate surface area is 177 Å². The number of nitrogens with zero attached hydrogens (tertiary/aromatic N) is 1. The number of hydrogen-bond acceptors (Lipinski definition) is 2. The quantitative estimate of drug-likeness (QED) is 0.415. The van der Waals surface area contributed by atoms with Crippen molar-refractivity contribution in [3.05, 3.63) is 89.2 Å². The number of carbonyl (C=O) groups is 1. The van der Waals surface area contributed by atoms with Gasteiger partial charge in [0.25, 0.3) is 0 Å². The van der Waals surface area contributed by atoms with Gasteiger partial charge in [-0.2, -0.15) is 0 Å². The zero-order chi connectivity index (χ0) is 18.8. The van der Waals surface area contributed by atoms with Crippen LogP contribution in [0.25, 0.3) is 33.6 Å². The molecule has 28 heavy (non-hydrogen) atoms. The number of nitrogens with one attached hydrogen (secondary N) is 1. The molecule has 6 heteroatoms. The van der Waals surface area contributed by atoms with Gasteiger partial charge in [0.15, 0.2) is 0 Å². The maximum Gasteiger partial charge on any atom is 0.249 e. The first-order valence-corrected chi connectivity index (χ1v) is 9.21. The molecule has 0 saturated heterocycles. The lowest BCUT2D eigenvalue weighted by molar-refractivity contribution is 0.100. The van der Waals surface area contributed by atoms with Gasteiger partial charge in [0.05, 0.1) is 5.69 Å². The molecule has 4 nitrogen and oxygen atoms in total. The Bertz CT molecular complexity index is 1110. The van der Waals surface area contributed by atoms with E-state index in [0.717, 1.165) is 38.1 Å². The molecule has 2 aromatic heterocycles. The van der Waals surface area contributed by atoms with Gasteiger partial charge >= 0.3 is 0 Å². The fourth-order valence-electron chi connectivity index (χ4n) is 3.13. The van der Waals surface area contributed by atoms with E-state index >= 15 is 0 Å². The maximum absolute atomic E-state index is 12.0. The summed E-state index contributed by atoms with van der Waals surface area (Å²) in [5, 5.41) is 0. The van der Waals surface area contributed by atoms with E-state index in [2.05, 4.69) is 32.0 Å². The molecule has 0 radical (unpaired) electrons. The SMILES string of the molecule is Cl.NC(=O)c1ccccc1-c1cc(-c2ccncc2)[nH]c1-c1ccc(Br)cc1. The topological polar surface area (TPSA) is 71.8 Å². The molecule has 0 atom stereocenters. The lowest BCUT2D eigenvalue weighted by atomic mass is 9.96.